The highest BCUT2D eigenvalue weighted by Gasteiger charge is 2.33. The van der Waals surface area contributed by atoms with E-state index in [9.17, 15) is 8.78 Å². The minimum absolute atomic E-state index is 0.0839. The third kappa shape index (κ3) is 2.56. The van der Waals surface area contributed by atoms with Gasteiger partial charge in [0.05, 0.1) is 22.3 Å². The molecular weight excluding hydrogens is 355 g/mol. The first-order valence-electron chi connectivity index (χ1n) is 8.36. The summed E-state index contributed by atoms with van der Waals surface area (Å²) in [5, 5.41) is 3.58. The normalized spacial score (nSPS) is 15.3. The molecule has 0 amide bonds. The molecule has 5 N–H and O–H groups in total. The SMILES string of the molecule is Cc1c[nH]c2c(-c3c(F)cc4c(c3F)N=C(NN)C(C)(C)N4)cc(F)cc12. The number of amidine groups is 1. The highest BCUT2D eigenvalue weighted by Crippen LogP contribution is 2.43. The number of nitrogens with two attached hydrogens (primary N) is 1. The van der Waals surface area contributed by atoms with E-state index in [4.69, 9.17) is 5.84 Å². The highest BCUT2D eigenvalue weighted by atomic mass is 19.1. The van der Waals surface area contributed by atoms with Gasteiger partial charge >= 0.3 is 0 Å². The maximum Gasteiger partial charge on any atom is 0.161 e. The van der Waals surface area contributed by atoms with E-state index in [-0.39, 0.29) is 22.5 Å². The second-order valence-electron chi connectivity index (χ2n) is 7.15. The van der Waals surface area contributed by atoms with Gasteiger partial charge in [-0.05, 0) is 38.5 Å². The Labute approximate surface area is 153 Å². The number of H-pyrrole nitrogens is 1. The first-order valence-corrected chi connectivity index (χ1v) is 8.36. The summed E-state index contributed by atoms with van der Waals surface area (Å²) in [6.07, 6.45) is 1.67. The Morgan fingerprint density at radius 2 is 1.89 bits per heavy atom. The number of hydrogen-bond acceptors (Lipinski definition) is 4. The molecule has 2 aromatic carbocycles. The molecule has 0 bridgehead atoms. The first kappa shape index (κ1) is 17.4. The van der Waals surface area contributed by atoms with Crippen LogP contribution < -0.4 is 16.6 Å². The van der Waals surface area contributed by atoms with Crippen LogP contribution in [0.5, 0.6) is 0 Å². The third-order valence-electron chi connectivity index (χ3n) is 4.82. The van der Waals surface area contributed by atoms with Gasteiger partial charge in [-0.2, -0.15) is 0 Å². The lowest BCUT2D eigenvalue weighted by Crippen LogP contribution is -2.51. The topological polar surface area (TPSA) is 78.2 Å². The van der Waals surface area contributed by atoms with Crippen molar-refractivity contribution in [2.45, 2.75) is 26.3 Å². The summed E-state index contributed by atoms with van der Waals surface area (Å²) in [7, 11) is 0. The number of benzene rings is 2. The standard InChI is InChI=1S/C19H18F3N5/c1-8-7-24-16-10(8)4-9(20)5-11(16)14-12(21)6-13-17(15(14)22)25-18(27-23)19(2,3)26-13/h4-7,24,26H,23H2,1-3H3,(H,25,27). The Bertz CT molecular complexity index is 1110. The molecule has 1 aromatic heterocycles. The molecule has 8 heteroatoms. The van der Waals surface area contributed by atoms with Crippen LogP contribution in [0.4, 0.5) is 24.5 Å². The highest BCUT2D eigenvalue weighted by molar-refractivity contribution is 6.02. The zero-order valence-electron chi connectivity index (χ0n) is 15.0. The number of fused-ring (bicyclic) bond motifs is 2. The molecule has 1 aliphatic rings. The Morgan fingerprint density at radius 3 is 2.59 bits per heavy atom. The number of rotatable bonds is 1. The van der Waals surface area contributed by atoms with Crippen LogP contribution in [-0.4, -0.2) is 16.4 Å². The summed E-state index contributed by atoms with van der Waals surface area (Å²) in [4.78, 5) is 7.19. The summed E-state index contributed by atoms with van der Waals surface area (Å²) in [6.45, 7) is 5.34. The van der Waals surface area contributed by atoms with Gasteiger partial charge in [0.2, 0.25) is 0 Å². The number of aromatic nitrogens is 1. The molecule has 0 atom stereocenters. The Hall–Kier alpha value is -3.00. The number of nitrogens with one attached hydrogen (secondary N) is 3. The largest absolute Gasteiger partial charge is 0.371 e. The number of nitrogens with zero attached hydrogens (tertiary/aromatic N) is 1. The maximum absolute atomic E-state index is 15.3. The van der Waals surface area contributed by atoms with Crippen LogP contribution in [0.1, 0.15) is 19.4 Å². The molecule has 5 nitrogen and oxygen atoms in total. The van der Waals surface area contributed by atoms with Crippen LogP contribution >= 0.6 is 0 Å². The van der Waals surface area contributed by atoms with Crippen LogP contribution in [0.25, 0.3) is 22.0 Å². The molecule has 0 unspecified atom stereocenters. The molecule has 2 heterocycles. The van der Waals surface area contributed by atoms with Crippen molar-refractivity contribution in [3.05, 3.63) is 47.4 Å². The van der Waals surface area contributed by atoms with Crippen LogP contribution in [-0.2, 0) is 0 Å². The average molecular weight is 373 g/mol. The molecule has 0 fully saturated rings. The molecular formula is C19H18F3N5. The van der Waals surface area contributed by atoms with Gasteiger partial charge in [0.15, 0.2) is 5.82 Å². The van der Waals surface area contributed by atoms with Crippen LogP contribution in [0.15, 0.2) is 29.4 Å². The van der Waals surface area contributed by atoms with Crippen LogP contribution in [0.2, 0.25) is 0 Å². The second-order valence-corrected chi connectivity index (χ2v) is 7.15. The Kier molecular flexibility index (Phi) is 3.71. The lowest BCUT2D eigenvalue weighted by Gasteiger charge is -2.33. The third-order valence-corrected chi connectivity index (χ3v) is 4.82. The average Bonchev–Trinajstić information content (AvgIpc) is 2.94. The molecule has 0 saturated carbocycles. The predicted molar refractivity (Wildman–Crippen MR) is 100 cm³/mol. The lowest BCUT2D eigenvalue weighted by molar-refractivity contribution is 0.587. The lowest BCUT2D eigenvalue weighted by atomic mass is 9.96. The fourth-order valence-corrected chi connectivity index (χ4v) is 3.45. The van der Waals surface area contributed by atoms with E-state index in [2.05, 4.69) is 20.7 Å². The molecule has 3 aromatic rings. The molecule has 27 heavy (non-hydrogen) atoms. The Morgan fingerprint density at radius 1 is 1.15 bits per heavy atom. The van der Waals surface area contributed by atoms with E-state index in [0.29, 0.717) is 16.7 Å². The predicted octanol–water partition coefficient (Wildman–Crippen LogP) is 4.26. The molecule has 0 radical (unpaired) electrons. The minimum atomic E-state index is -0.889. The van der Waals surface area contributed by atoms with Crippen molar-refractivity contribution in [3.8, 4) is 11.1 Å². The van der Waals surface area contributed by atoms with E-state index in [1.807, 2.05) is 0 Å². The summed E-state index contributed by atoms with van der Waals surface area (Å²) in [5.41, 5.74) is 2.81. The van der Waals surface area contributed by atoms with E-state index in [1.165, 1.54) is 12.1 Å². The molecule has 0 spiro atoms. The number of aryl methyl sites for hydroxylation is 1. The van der Waals surface area contributed by atoms with Gasteiger partial charge in [-0.25, -0.2) is 24.0 Å². The van der Waals surface area contributed by atoms with Crippen molar-refractivity contribution in [1.82, 2.24) is 10.4 Å². The van der Waals surface area contributed by atoms with Crippen molar-refractivity contribution in [2.75, 3.05) is 5.32 Å². The fourth-order valence-electron chi connectivity index (χ4n) is 3.45. The zero-order chi connectivity index (χ0) is 19.5. The zero-order valence-corrected chi connectivity index (χ0v) is 15.0. The summed E-state index contributed by atoms with van der Waals surface area (Å²) < 4.78 is 44.4. The second kappa shape index (κ2) is 5.75. The molecule has 0 aliphatic carbocycles. The number of hydrazine groups is 1. The van der Waals surface area contributed by atoms with E-state index < -0.39 is 23.0 Å². The van der Waals surface area contributed by atoms with Gasteiger partial charge in [0, 0.05) is 23.2 Å². The number of hydrogen-bond donors (Lipinski definition) is 4. The van der Waals surface area contributed by atoms with Gasteiger partial charge in [-0.1, -0.05) is 0 Å². The van der Waals surface area contributed by atoms with Crippen molar-refractivity contribution in [3.63, 3.8) is 0 Å². The molecule has 1 aliphatic heterocycles. The summed E-state index contributed by atoms with van der Waals surface area (Å²) in [5.74, 6) is 3.51. The van der Waals surface area contributed by atoms with Gasteiger partial charge in [0.1, 0.15) is 23.2 Å². The van der Waals surface area contributed by atoms with Crippen molar-refractivity contribution in [2.24, 2.45) is 10.8 Å². The Balaban J connectivity index is 2.03. The quantitative estimate of drug-likeness (QED) is 0.380. The van der Waals surface area contributed by atoms with E-state index in [0.717, 1.165) is 11.6 Å². The monoisotopic (exact) mass is 373 g/mol. The molecule has 140 valence electrons. The molecule has 0 saturated heterocycles. The first-order chi connectivity index (χ1) is 12.7. The minimum Gasteiger partial charge on any atom is -0.371 e. The smallest absolute Gasteiger partial charge is 0.161 e. The van der Waals surface area contributed by atoms with Crippen LogP contribution in [0.3, 0.4) is 0 Å². The van der Waals surface area contributed by atoms with Gasteiger partial charge in [0.25, 0.3) is 0 Å². The molecule has 4 rings (SSSR count). The number of anilines is 1. The number of aromatic amines is 1. The fraction of sp³-hybridized carbons (Fsp3) is 0.211. The number of aliphatic imine (C=N–C) groups is 1. The van der Waals surface area contributed by atoms with Crippen molar-refractivity contribution < 1.29 is 13.2 Å². The maximum atomic E-state index is 15.3. The summed E-state index contributed by atoms with van der Waals surface area (Å²) >= 11 is 0. The number of halogens is 3. The van der Waals surface area contributed by atoms with Gasteiger partial charge in [-0.3, -0.25) is 0 Å². The van der Waals surface area contributed by atoms with Crippen molar-refractivity contribution in [1.29, 1.82) is 0 Å². The van der Waals surface area contributed by atoms with E-state index in [1.54, 1.807) is 27.0 Å². The van der Waals surface area contributed by atoms with Gasteiger partial charge < -0.3 is 15.7 Å². The van der Waals surface area contributed by atoms with Crippen LogP contribution in [0, 0.1) is 24.4 Å². The van der Waals surface area contributed by atoms with Gasteiger partial charge in [-0.15, -0.1) is 0 Å². The van der Waals surface area contributed by atoms with E-state index >= 15 is 4.39 Å². The van der Waals surface area contributed by atoms with Crippen molar-refractivity contribution >= 4 is 28.1 Å². The summed E-state index contributed by atoms with van der Waals surface area (Å²) in [6, 6.07) is 3.61.